The average molecular weight is 525 g/mol. The molecular formula is C28H18F3N7O. The molecule has 1 atom stereocenters. The van der Waals surface area contributed by atoms with Crippen molar-refractivity contribution in [2.24, 2.45) is 0 Å². The van der Waals surface area contributed by atoms with Crippen LogP contribution in [0.25, 0.3) is 4.85 Å². The van der Waals surface area contributed by atoms with E-state index in [2.05, 4.69) is 20.2 Å². The van der Waals surface area contributed by atoms with Gasteiger partial charge in [-0.2, -0.15) is 23.4 Å². The maximum atomic E-state index is 13.5. The van der Waals surface area contributed by atoms with Gasteiger partial charge in [0.2, 0.25) is 11.6 Å². The Balaban J connectivity index is 1.67. The largest absolute Gasteiger partial charge is 0.416 e. The molecule has 0 bridgehead atoms. The van der Waals surface area contributed by atoms with Crippen LogP contribution in [0, 0.1) is 17.9 Å². The van der Waals surface area contributed by atoms with E-state index in [-0.39, 0.29) is 23.3 Å². The zero-order valence-corrected chi connectivity index (χ0v) is 20.3. The molecule has 1 N–H and O–H groups in total. The fraction of sp³-hybridized carbons (Fsp3) is 0.107. The molecule has 0 saturated carbocycles. The van der Waals surface area contributed by atoms with Crippen LogP contribution in [-0.4, -0.2) is 20.7 Å². The van der Waals surface area contributed by atoms with Crippen LogP contribution in [0.4, 0.5) is 30.8 Å². The molecule has 1 amide bonds. The van der Waals surface area contributed by atoms with Crippen LogP contribution >= 0.6 is 0 Å². The van der Waals surface area contributed by atoms with Crippen molar-refractivity contribution in [3.8, 4) is 6.07 Å². The molecule has 5 rings (SSSR count). The third-order valence-electron chi connectivity index (χ3n) is 6.19. The van der Waals surface area contributed by atoms with E-state index in [4.69, 9.17) is 6.57 Å². The van der Waals surface area contributed by atoms with Crippen LogP contribution in [0.15, 0.2) is 90.3 Å². The minimum Gasteiger partial charge on any atom is -0.294 e. The van der Waals surface area contributed by atoms with E-state index < -0.39 is 23.7 Å². The molecule has 0 spiro atoms. The summed E-state index contributed by atoms with van der Waals surface area (Å²) in [4.78, 5) is 22.4. The Labute approximate surface area is 221 Å². The minimum absolute atomic E-state index is 0.0893. The molecule has 0 fully saturated rings. The highest BCUT2D eigenvalue weighted by Gasteiger charge is 2.38. The molecular weight excluding hydrogens is 507 g/mol. The average Bonchev–Trinajstić information content (AvgIpc) is 3.35. The Morgan fingerprint density at radius 3 is 2.44 bits per heavy atom. The number of nitrogens with zero attached hydrogens (tertiary/aromatic N) is 6. The lowest BCUT2D eigenvalue weighted by molar-refractivity contribution is -0.137. The lowest BCUT2D eigenvalue weighted by atomic mass is 9.99. The summed E-state index contributed by atoms with van der Waals surface area (Å²) in [5.41, 5.74) is 1.18. The van der Waals surface area contributed by atoms with Gasteiger partial charge in [0.1, 0.15) is 6.04 Å². The highest BCUT2D eigenvalue weighted by molar-refractivity contribution is 6.03. The normalized spacial score (nSPS) is 14.8. The summed E-state index contributed by atoms with van der Waals surface area (Å²) >= 11 is 0. The van der Waals surface area contributed by atoms with Crippen molar-refractivity contribution < 1.29 is 18.0 Å². The Morgan fingerprint density at radius 1 is 1.08 bits per heavy atom. The molecule has 0 aliphatic carbocycles. The number of hydrogen-bond acceptors (Lipinski definition) is 5. The van der Waals surface area contributed by atoms with Crippen LogP contribution in [0.2, 0.25) is 0 Å². The number of halogens is 3. The van der Waals surface area contributed by atoms with Crippen molar-refractivity contribution >= 4 is 23.5 Å². The molecule has 1 aliphatic rings. The van der Waals surface area contributed by atoms with Crippen molar-refractivity contribution in [2.45, 2.75) is 19.1 Å². The second-order valence-corrected chi connectivity index (χ2v) is 8.60. The molecule has 0 radical (unpaired) electrons. The predicted octanol–water partition coefficient (Wildman–Crippen LogP) is 6.31. The number of aromatic nitrogens is 3. The minimum atomic E-state index is -4.58. The summed E-state index contributed by atoms with van der Waals surface area (Å²) in [5.74, 6) is -0.459. The molecule has 8 nitrogen and oxygen atoms in total. The molecule has 192 valence electrons. The smallest absolute Gasteiger partial charge is 0.294 e. The number of hydrogen-bond donors (Lipinski definition) is 1. The van der Waals surface area contributed by atoms with E-state index in [0.717, 1.165) is 12.1 Å². The van der Waals surface area contributed by atoms with Crippen LogP contribution < -0.4 is 10.2 Å². The molecule has 4 aromatic rings. The molecule has 3 aromatic carbocycles. The van der Waals surface area contributed by atoms with Crippen LogP contribution in [0.3, 0.4) is 0 Å². The number of nitriles is 1. The second-order valence-electron chi connectivity index (χ2n) is 8.60. The first-order chi connectivity index (χ1) is 18.7. The summed E-state index contributed by atoms with van der Waals surface area (Å²) < 4.78 is 42.0. The van der Waals surface area contributed by atoms with Gasteiger partial charge in [0.15, 0.2) is 0 Å². The number of carbonyl (C=O) groups is 1. The lowest BCUT2D eigenvalue weighted by Crippen LogP contribution is -2.30. The molecule has 0 saturated heterocycles. The van der Waals surface area contributed by atoms with Gasteiger partial charge in [-0.1, -0.05) is 36.4 Å². The Morgan fingerprint density at radius 2 is 1.79 bits per heavy atom. The third-order valence-corrected chi connectivity index (χ3v) is 6.19. The van der Waals surface area contributed by atoms with Gasteiger partial charge in [0.05, 0.1) is 23.8 Å². The summed E-state index contributed by atoms with van der Waals surface area (Å²) in [6.45, 7) is 9.55. The summed E-state index contributed by atoms with van der Waals surface area (Å²) in [6, 6.07) is 20.8. The monoisotopic (exact) mass is 525 g/mol. The Bertz CT molecular complexity index is 1680. The van der Waals surface area contributed by atoms with Crippen LogP contribution in [0.1, 0.15) is 40.0 Å². The van der Waals surface area contributed by atoms with E-state index in [1.807, 2.05) is 6.07 Å². The second kappa shape index (κ2) is 9.80. The third kappa shape index (κ3) is 4.69. The van der Waals surface area contributed by atoms with Crippen LogP contribution in [0.5, 0.6) is 0 Å². The van der Waals surface area contributed by atoms with E-state index in [9.17, 15) is 23.2 Å². The van der Waals surface area contributed by atoms with E-state index in [1.165, 1.54) is 21.7 Å². The highest BCUT2D eigenvalue weighted by Crippen LogP contribution is 2.44. The van der Waals surface area contributed by atoms with Gasteiger partial charge in [0, 0.05) is 16.9 Å². The fourth-order valence-corrected chi connectivity index (χ4v) is 4.35. The molecule has 2 heterocycles. The zero-order chi connectivity index (χ0) is 27.7. The predicted molar refractivity (Wildman–Crippen MR) is 137 cm³/mol. The van der Waals surface area contributed by atoms with Gasteiger partial charge in [-0.25, -0.2) is 9.53 Å². The summed E-state index contributed by atoms with van der Waals surface area (Å²) in [7, 11) is 0. The summed E-state index contributed by atoms with van der Waals surface area (Å²) in [6.07, 6.45) is -4.58. The number of allylic oxidation sites excluding steroid dienone is 2. The highest BCUT2D eigenvalue weighted by atomic mass is 19.4. The van der Waals surface area contributed by atoms with Crippen molar-refractivity contribution in [1.82, 2.24) is 14.8 Å². The van der Waals surface area contributed by atoms with Gasteiger partial charge in [0.25, 0.3) is 11.9 Å². The van der Waals surface area contributed by atoms with Crippen molar-refractivity contribution in [2.75, 3.05) is 10.2 Å². The fourth-order valence-electron chi connectivity index (χ4n) is 4.35. The van der Waals surface area contributed by atoms with Crippen molar-refractivity contribution in [1.29, 1.82) is 5.26 Å². The van der Waals surface area contributed by atoms with Gasteiger partial charge in [-0.15, -0.1) is 5.10 Å². The maximum absolute atomic E-state index is 13.5. The molecule has 0 unspecified atom stereocenters. The molecule has 39 heavy (non-hydrogen) atoms. The Hall–Kier alpha value is -5.42. The van der Waals surface area contributed by atoms with E-state index in [1.54, 1.807) is 61.5 Å². The van der Waals surface area contributed by atoms with E-state index in [0.29, 0.717) is 22.4 Å². The molecule has 11 heteroatoms. The quantitative estimate of drug-likeness (QED) is 0.315. The van der Waals surface area contributed by atoms with Crippen molar-refractivity contribution in [3.05, 3.63) is 124 Å². The first-order valence-electron chi connectivity index (χ1n) is 11.6. The first-order valence-corrected chi connectivity index (χ1v) is 11.6. The number of anilines is 3. The molecule has 1 aromatic heterocycles. The standard InChI is InChI=1S/C28H18F3N7O/c1-17-23(33-2)24(19-13-11-18(16-32)12-14-19)38-27(37(17)22-10-6-9-21(15-22)28(29,30)31)35-26(36-38)34-25(39)20-7-4-3-5-8-20/h3-15,24H,1H3,(H,34,36,39)/t24-/m1/s1. The first kappa shape index (κ1) is 25.2. The number of rotatable bonds is 4. The SMILES string of the molecule is [C-]#[N+]C1=C(C)N(c2cccc(C(F)(F)F)c2)c2nc(NC(=O)c3ccccc3)nn2[C@@H]1c1ccc(C#N)cc1. The zero-order valence-electron chi connectivity index (χ0n) is 20.3. The number of carbonyl (C=O) groups excluding carboxylic acids is 1. The van der Waals surface area contributed by atoms with Gasteiger partial charge in [-0.3, -0.25) is 15.0 Å². The Kier molecular flexibility index (Phi) is 6.34. The van der Waals surface area contributed by atoms with Gasteiger partial charge < -0.3 is 0 Å². The van der Waals surface area contributed by atoms with Gasteiger partial charge >= 0.3 is 6.18 Å². The molecule has 1 aliphatic heterocycles. The van der Waals surface area contributed by atoms with E-state index >= 15 is 0 Å². The lowest BCUT2D eigenvalue weighted by Gasteiger charge is -2.34. The topological polar surface area (TPSA) is 91.2 Å². The number of amides is 1. The number of alkyl halides is 3. The maximum Gasteiger partial charge on any atom is 0.416 e. The number of nitrogens with one attached hydrogen (secondary N) is 1. The number of benzene rings is 3. The summed E-state index contributed by atoms with van der Waals surface area (Å²) in [5, 5.41) is 16.3. The van der Waals surface area contributed by atoms with Crippen LogP contribution in [-0.2, 0) is 6.18 Å². The number of fused-ring (bicyclic) bond motifs is 1. The van der Waals surface area contributed by atoms with Crippen molar-refractivity contribution in [3.63, 3.8) is 0 Å². The van der Waals surface area contributed by atoms with Gasteiger partial charge in [-0.05, 0) is 55.0 Å².